The van der Waals surface area contributed by atoms with Crippen LogP contribution in [0.15, 0.2) is 12.1 Å². The van der Waals surface area contributed by atoms with Gasteiger partial charge in [0.05, 0.1) is 18.4 Å². The SMILES string of the molecule is CC(OCC1CCCCO1)C(=O)N1CCCc2cc(F)c(F)cc21. The second kappa shape index (κ2) is 7.57. The van der Waals surface area contributed by atoms with Gasteiger partial charge in [0.2, 0.25) is 0 Å². The second-order valence-electron chi connectivity index (χ2n) is 6.45. The summed E-state index contributed by atoms with van der Waals surface area (Å²) < 4.78 is 38.3. The highest BCUT2D eigenvalue weighted by atomic mass is 19.2. The van der Waals surface area contributed by atoms with Gasteiger partial charge in [-0.2, -0.15) is 0 Å². The van der Waals surface area contributed by atoms with Crippen molar-refractivity contribution in [1.82, 2.24) is 0 Å². The number of hydrogen-bond acceptors (Lipinski definition) is 3. The average Bonchev–Trinajstić information content (AvgIpc) is 2.60. The molecule has 1 aromatic rings. The van der Waals surface area contributed by atoms with Crippen LogP contribution >= 0.6 is 0 Å². The van der Waals surface area contributed by atoms with Gasteiger partial charge in [-0.3, -0.25) is 4.79 Å². The first kappa shape index (κ1) is 17.3. The van der Waals surface area contributed by atoms with Gasteiger partial charge >= 0.3 is 0 Å². The number of anilines is 1. The lowest BCUT2D eigenvalue weighted by atomic mass is 10.0. The summed E-state index contributed by atoms with van der Waals surface area (Å²) in [6.45, 7) is 3.30. The molecule has 2 heterocycles. The van der Waals surface area contributed by atoms with E-state index in [2.05, 4.69) is 0 Å². The Kier molecular flexibility index (Phi) is 5.46. The van der Waals surface area contributed by atoms with Crippen LogP contribution in [0, 0.1) is 11.6 Å². The Morgan fingerprint density at radius 1 is 1.33 bits per heavy atom. The van der Waals surface area contributed by atoms with Gasteiger partial charge in [0, 0.05) is 19.2 Å². The van der Waals surface area contributed by atoms with Crippen molar-refractivity contribution < 1.29 is 23.0 Å². The minimum absolute atomic E-state index is 0.0363. The first-order valence-corrected chi connectivity index (χ1v) is 8.59. The summed E-state index contributed by atoms with van der Waals surface area (Å²) in [6, 6.07) is 2.30. The van der Waals surface area contributed by atoms with Crippen LogP contribution in [-0.2, 0) is 20.7 Å². The van der Waals surface area contributed by atoms with Crippen molar-refractivity contribution in [3.8, 4) is 0 Å². The number of fused-ring (bicyclic) bond motifs is 1. The molecule has 24 heavy (non-hydrogen) atoms. The summed E-state index contributed by atoms with van der Waals surface area (Å²) in [6.07, 6.45) is 3.88. The van der Waals surface area contributed by atoms with E-state index in [-0.39, 0.29) is 12.0 Å². The van der Waals surface area contributed by atoms with Gasteiger partial charge in [0.15, 0.2) is 11.6 Å². The number of rotatable bonds is 4. The molecule has 3 rings (SSSR count). The Hall–Kier alpha value is -1.53. The first-order valence-electron chi connectivity index (χ1n) is 8.59. The third kappa shape index (κ3) is 3.75. The van der Waals surface area contributed by atoms with Crippen molar-refractivity contribution in [1.29, 1.82) is 0 Å². The summed E-state index contributed by atoms with van der Waals surface area (Å²) in [5, 5.41) is 0. The molecule has 2 unspecified atom stereocenters. The van der Waals surface area contributed by atoms with E-state index in [4.69, 9.17) is 9.47 Å². The van der Waals surface area contributed by atoms with E-state index < -0.39 is 17.7 Å². The predicted octanol–water partition coefficient (Wildman–Crippen LogP) is 3.22. The highest BCUT2D eigenvalue weighted by molar-refractivity contribution is 5.97. The summed E-state index contributed by atoms with van der Waals surface area (Å²) in [5.41, 5.74) is 1.12. The molecular weight excluding hydrogens is 316 g/mol. The lowest BCUT2D eigenvalue weighted by Gasteiger charge is -2.32. The summed E-state index contributed by atoms with van der Waals surface area (Å²) in [7, 11) is 0. The van der Waals surface area contributed by atoms with Gasteiger partial charge < -0.3 is 14.4 Å². The van der Waals surface area contributed by atoms with Crippen LogP contribution in [0.3, 0.4) is 0 Å². The molecule has 6 heteroatoms. The molecule has 132 valence electrons. The normalized spacial score (nSPS) is 22.1. The molecular formula is C18H23F2NO3. The van der Waals surface area contributed by atoms with Gasteiger partial charge in [0.1, 0.15) is 6.10 Å². The maximum Gasteiger partial charge on any atom is 0.255 e. The van der Waals surface area contributed by atoms with Crippen LogP contribution in [0.25, 0.3) is 0 Å². The fraction of sp³-hybridized carbons (Fsp3) is 0.611. The Morgan fingerprint density at radius 3 is 2.88 bits per heavy atom. The molecule has 2 atom stereocenters. The van der Waals surface area contributed by atoms with Crippen LogP contribution < -0.4 is 4.90 Å². The van der Waals surface area contributed by atoms with E-state index in [1.807, 2.05) is 0 Å². The minimum Gasteiger partial charge on any atom is -0.376 e. The Labute approximate surface area is 140 Å². The first-order chi connectivity index (χ1) is 11.6. The zero-order valence-corrected chi connectivity index (χ0v) is 13.9. The zero-order valence-electron chi connectivity index (χ0n) is 13.9. The summed E-state index contributed by atoms with van der Waals surface area (Å²) >= 11 is 0. The number of nitrogens with zero attached hydrogens (tertiary/aromatic N) is 1. The van der Waals surface area contributed by atoms with Crippen molar-refractivity contribution >= 4 is 11.6 Å². The smallest absolute Gasteiger partial charge is 0.255 e. The molecule has 0 N–H and O–H groups in total. The van der Waals surface area contributed by atoms with Crippen molar-refractivity contribution in [2.45, 2.75) is 51.2 Å². The fourth-order valence-electron chi connectivity index (χ4n) is 3.29. The van der Waals surface area contributed by atoms with Crippen molar-refractivity contribution in [3.05, 3.63) is 29.3 Å². The number of ether oxygens (including phenoxy) is 2. The Balaban J connectivity index is 1.65. The molecule has 1 amide bonds. The van der Waals surface area contributed by atoms with Gasteiger partial charge in [-0.15, -0.1) is 0 Å². The summed E-state index contributed by atoms with van der Waals surface area (Å²) in [4.78, 5) is 14.2. The second-order valence-corrected chi connectivity index (χ2v) is 6.45. The monoisotopic (exact) mass is 339 g/mol. The lowest BCUT2D eigenvalue weighted by molar-refractivity contribution is -0.132. The Bertz CT molecular complexity index is 602. The summed E-state index contributed by atoms with van der Waals surface area (Å²) in [5.74, 6) is -2.03. The molecule has 0 bridgehead atoms. The van der Waals surface area contributed by atoms with E-state index in [1.54, 1.807) is 6.92 Å². The average molecular weight is 339 g/mol. The molecule has 0 aliphatic carbocycles. The van der Waals surface area contributed by atoms with Gasteiger partial charge in [-0.05, 0) is 50.7 Å². The third-order valence-corrected chi connectivity index (χ3v) is 4.66. The van der Waals surface area contributed by atoms with Crippen LogP contribution in [0.5, 0.6) is 0 Å². The van der Waals surface area contributed by atoms with Crippen LogP contribution in [0.1, 0.15) is 38.2 Å². The molecule has 1 fully saturated rings. The third-order valence-electron chi connectivity index (χ3n) is 4.66. The van der Waals surface area contributed by atoms with Crippen molar-refractivity contribution in [3.63, 3.8) is 0 Å². The quantitative estimate of drug-likeness (QED) is 0.845. The molecule has 2 aliphatic heterocycles. The van der Waals surface area contributed by atoms with Gasteiger partial charge in [0.25, 0.3) is 5.91 Å². The van der Waals surface area contributed by atoms with E-state index in [1.165, 1.54) is 11.0 Å². The lowest BCUT2D eigenvalue weighted by Crippen LogP contribution is -2.43. The minimum atomic E-state index is -0.933. The molecule has 1 aromatic carbocycles. The van der Waals surface area contributed by atoms with E-state index >= 15 is 0 Å². The Morgan fingerprint density at radius 2 is 2.12 bits per heavy atom. The van der Waals surface area contributed by atoms with E-state index in [0.29, 0.717) is 30.8 Å². The number of amides is 1. The number of benzene rings is 1. The molecule has 0 radical (unpaired) electrons. The maximum absolute atomic E-state index is 13.6. The molecule has 0 aromatic heterocycles. The fourth-order valence-corrected chi connectivity index (χ4v) is 3.29. The van der Waals surface area contributed by atoms with Crippen LogP contribution in [0.4, 0.5) is 14.5 Å². The van der Waals surface area contributed by atoms with Crippen molar-refractivity contribution in [2.75, 3.05) is 24.7 Å². The van der Waals surface area contributed by atoms with Gasteiger partial charge in [-0.1, -0.05) is 0 Å². The number of halogens is 2. The number of carbonyl (C=O) groups excluding carboxylic acids is 1. The number of aryl methyl sites for hydroxylation is 1. The van der Waals surface area contributed by atoms with E-state index in [0.717, 1.165) is 38.4 Å². The number of hydrogen-bond donors (Lipinski definition) is 0. The standard InChI is InChI=1S/C18H23F2NO3/c1-12(24-11-14-6-2-3-8-23-14)18(22)21-7-4-5-13-9-15(19)16(20)10-17(13)21/h9-10,12,14H,2-8,11H2,1H3. The molecule has 0 spiro atoms. The predicted molar refractivity (Wildman–Crippen MR) is 86.0 cm³/mol. The van der Waals surface area contributed by atoms with Crippen LogP contribution in [-0.4, -0.2) is 37.9 Å². The highest BCUT2D eigenvalue weighted by Crippen LogP contribution is 2.30. The van der Waals surface area contributed by atoms with E-state index in [9.17, 15) is 13.6 Å². The van der Waals surface area contributed by atoms with Crippen molar-refractivity contribution in [2.24, 2.45) is 0 Å². The number of carbonyl (C=O) groups is 1. The molecule has 2 aliphatic rings. The zero-order chi connectivity index (χ0) is 17.1. The molecule has 0 saturated carbocycles. The van der Waals surface area contributed by atoms with Gasteiger partial charge in [-0.25, -0.2) is 8.78 Å². The molecule has 4 nitrogen and oxygen atoms in total. The largest absolute Gasteiger partial charge is 0.376 e. The molecule has 1 saturated heterocycles. The van der Waals surface area contributed by atoms with Crippen LogP contribution in [0.2, 0.25) is 0 Å². The highest BCUT2D eigenvalue weighted by Gasteiger charge is 2.29. The topological polar surface area (TPSA) is 38.8 Å². The maximum atomic E-state index is 13.6.